The predicted octanol–water partition coefficient (Wildman–Crippen LogP) is 2.51. The highest BCUT2D eigenvalue weighted by molar-refractivity contribution is 7.17. The molecule has 0 bridgehead atoms. The van der Waals surface area contributed by atoms with E-state index in [-0.39, 0.29) is 12.4 Å². The third-order valence-corrected chi connectivity index (χ3v) is 5.02. The van der Waals surface area contributed by atoms with Crippen LogP contribution >= 0.6 is 11.3 Å². The van der Waals surface area contributed by atoms with E-state index in [2.05, 4.69) is 10.5 Å². The second kappa shape index (κ2) is 7.69. The van der Waals surface area contributed by atoms with Crippen LogP contribution in [0.4, 0.5) is 5.00 Å². The number of esters is 2. The number of aryl methyl sites for hydroxylation is 2. The lowest BCUT2D eigenvalue weighted by molar-refractivity contribution is -0.119. The lowest BCUT2D eigenvalue weighted by Crippen LogP contribution is -2.21. The molecule has 1 amide bonds. The molecule has 0 saturated heterocycles. The van der Waals surface area contributed by atoms with Crippen molar-refractivity contribution in [1.29, 1.82) is 0 Å². The predicted molar refractivity (Wildman–Crippen MR) is 92.5 cm³/mol. The summed E-state index contributed by atoms with van der Waals surface area (Å²) in [5.41, 5.74) is 1.89. The molecule has 0 radical (unpaired) electrons. The Hall–Kier alpha value is -2.68. The van der Waals surface area contributed by atoms with E-state index in [4.69, 9.17) is 14.0 Å². The number of hydrogen-bond donors (Lipinski definition) is 1. The van der Waals surface area contributed by atoms with Gasteiger partial charge in [-0.2, -0.15) is 0 Å². The first-order valence-electron chi connectivity index (χ1n) is 8.21. The number of ether oxygens (including phenoxy) is 2. The van der Waals surface area contributed by atoms with Crippen LogP contribution in [0.15, 0.2) is 10.6 Å². The molecule has 0 fully saturated rings. The number of nitrogens with zero attached hydrogens (tertiary/aromatic N) is 1. The van der Waals surface area contributed by atoms with Gasteiger partial charge in [-0.05, 0) is 38.7 Å². The highest BCUT2D eigenvalue weighted by Gasteiger charge is 2.28. The average Bonchev–Trinajstić information content (AvgIpc) is 3.28. The number of hydrogen-bond acceptors (Lipinski definition) is 8. The third-order valence-electron chi connectivity index (χ3n) is 3.82. The lowest BCUT2D eigenvalue weighted by Gasteiger charge is -2.08. The van der Waals surface area contributed by atoms with E-state index < -0.39 is 24.5 Å². The molecule has 0 unspecified atom stereocenters. The van der Waals surface area contributed by atoms with Crippen molar-refractivity contribution in [3.05, 3.63) is 33.5 Å². The second-order valence-corrected chi connectivity index (χ2v) is 6.84. The Labute approximate surface area is 153 Å². The van der Waals surface area contributed by atoms with Crippen molar-refractivity contribution < 1.29 is 28.4 Å². The van der Waals surface area contributed by atoms with Gasteiger partial charge in [-0.15, -0.1) is 11.3 Å². The molecule has 1 N–H and O–H groups in total. The Morgan fingerprint density at radius 3 is 2.77 bits per heavy atom. The van der Waals surface area contributed by atoms with Crippen LogP contribution in [0.5, 0.6) is 0 Å². The second-order valence-electron chi connectivity index (χ2n) is 5.74. The largest absolute Gasteiger partial charge is 0.462 e. The van der Waals surface area contributed by atoms with Crippen molar-refractivity contribution in [2.45, 2.75) is 33.1 Å². The summed E-state index contributed by atoms with van der Waals surface area (Å²) < 4.78 is 14.8. The summed E-state index contributed by atoms with van der Waals surface area (Å²) in [5, 5.41) is 6.66. The summed E-state index contributed by atoms with van der Waals surface area (Å²) in [7, 11) is 0. The van der Waals surface area contributed by atoms with E-state index in [1.807, 2.05) is 0 Å². The first-order chi connectivity index (χ1) is 12.5. The third kappa shape index (κ3) is 3.77. The summed E-state index contributed by atoms with van der Waals surface area (Å²) in [6, 6.07) is 1.42. The number of carbonyl (C=O) groups excluding carboxylic acids is 3. The Bertz CT molecular complexity index is 854. The topological polar surface area (TPSA) is 108 Å². The first-order valence-corrected chi connectivity index (χ1v) is 9.03. The van der Waals surface area contributed by atoms with Crippen LogP contribution in [0.2, 0.25) is 0 Å². The molecule has 2 heterocycles. The van der Waals surface area contributed by atoms with Gasteiger partial charge in [-0.3, -0.25) is 4.79 Å². The fourth-order valence-electron chi connectivity index (χ4n) is 2.74. The zero-order valence-electron chi connectivity index (χ0n) is 14.4. The van der Waals surface area contributed by atoms with Gasteiger partial charge >= 0.3 is 11.9 Å². The van der Waals surface area contributed by atoms with Gasteiger partial charge in [0.25, 0.3) is 5.91 Å². The number of anilines is 1. The average molecular weight is 378 g/mol. The highest BCUT2D eigenvalue weighted by atomic mass is 32.1. The lowest BCUT2D eigenvalue weighted by atomic mass is 10.1. The summed E-state index contributed by atoms with van der Waals surface area (Å²) in [6.07, 6.45) is 2.65. The smallest absolute Gasteiger partial charge is 0.377 e. The first kappa shape index (κ1) is 18.1. The molecule has 138 valence electrons. The summed E-state index contributed by atoms with van der Waals surface area (Å²) >= 11 is 1.36. The highest BCUT2D eigenvalue weighted by Crippen LogP contribution is 2.39. The molecule has 3 rings (SSSR count). The van der Waals surface area contributed by atoms with E-state index in [9.17, 15) is 14.4 Å². The Morgan fingerprint density at radius 2 is 2.08 bits per heavy atom. The van der Waals surface area contributed by atoms with E-state index >= 15 is 0 Å². The summed E-state index contributed by atoms with van der Waals surface area (Å²) in [5.74, 6) is -1.84. The molecule has 0 spiro atoms. The van der Waals surface area contributed by atoms with Crippen LogP contribution in [0.1, 0.15) is 50.4 Å². The minimum Gasteiger partial charge on any atom is -0.462 e. The van der Waals surface area contributed by atoms with Gasteiger partial charge in [0, 0.05) is 10.9 Å². The number of aromatic nitrogens is 1. The molecular weight excluding hydrogens is 360 g/mol. The Balaban J connectivity index is 1.66. The van der Waals surface area contributed by atoms with Gasteiger partial charge in [0.15, 0.2) is 6.61 Å². The van der Waals surface area contributed by atoms with Gasteiger partial charge in [-0.25, -0.2) is 9.59 Å². The molecule has 1 aliphatic carbocycles. The maximum Gasteiger partial charge on any atom is 0.377 e. The van der Waals surface area contributed by atoms with Crippen molar-refractivity contribution in [2.24, 2.45) is 0 Å². The number of fused-ring (bicyclic) bond motifs is 1. The number of amides is 1. The fourth-order valence-corrected chi connectivity index (χ4v) is 4.03. The minimum absolute atomic E-state index is 0.0717. The molecule has 8 nitrogen and oxygen atoms in total. The molecule has 0 saturated carbocycles. The van der Waals surface area contributed by atoms with Gasteiger partial charge in [-0.1, -0.05) is 5.16 Å². The fraction of sp³-hybridized carbons (Fsp3) is 0.412. The summed E-state index contributed by atoms with van der Waals surface area (Å²) in [6.45, 7) is 3.15. The van der Waals surface area contributed by atoms with Gasteiger partial charge in [0.1, 0.15) is 5.00 Å². The van der Waals surface area contributed by atoms with E-state index in [0.29, 0.717) is 16.3 Å². The van der Waals surface area contributed by atoms with Crippen LogP contribution in [0.25, 0.3) is 0 Å². The van der Waals surface area contributed by atoms with E-state index in [1.165, 1.54) is 17.4 Å². The molecule has 0 aliphatic heterocycles. The van der Waals surface area contributed by atoms with E-state index in [0.717, 1.165) is 29.7 Å². The molecule has 2 aromatic rings. The Morgan fingerprint density at radius 1 is 1.27 bits per heavy atom. The maximum atomic E-state index is 12.2. The molecule has 2 aromatic heterocycles. The van der Waals surface area contributed by atoms with Crippen molar-refractivity contribution in [2.75, 3.05) is 18.5 Å². The van der Waals surface area contributed by atoms with Crippen LogP contribution in [0, 0.1) is 6.92 Å². The Kier molecular flexibility index (Phi) is 5.36. The van der Waals surface area contributed by atoms with Gasteiger partial charge in [0.05, 0.1) is 17.9 Å². The zero-order chi connectivity index (χ0) is 18.7. The quantitative estimate of drug-likeness (QED) is 0.769. The monoisotopic (exact) mass is 378 g/mol. The van der Waals surface area contributed by atoms with Crippen molar-refractivity contribution in [3.8, 4) is 0 Å². The molecular formula is C17H18N2O6S. The van der Waals surface area contributed by atoms with E-state index in [1.54, 1.807) is 13.8 Å². The van der Waals surface area contributed by atoms with Crippen LogP contribution < -0.4 is 5.32 Å². The molecule has 26 heavy (non-hydrogen) atoms. The molecule has 9 heteroatoms. The minimum atomic E-state index is -0.778. The van der Waals surface area contributed by atoms with Gasteiger partial charge in [0.2, 0.25) is 5.76 Å². The van der Waals surface area contributed by atoms with Crippen LogP contribution in [-0.2, 0) is 27.1 Å². The number of carbonyl (C=O) groups is 3. The standard InChI is InChI=1S/C17H18N2O6S/c1-3-23-17(22)14-10-5-4-6-12(10)26-15(14)18-13(20)8-24-16(21)11-7-9(2)19-25-11/h7H,3-6,8H2,1-2H3,(H,18,20). The SMILES string of the molecule is CCOC(=O)c1c(NC(=O)COC(=O)c2cc(C)no2)sc2c1CCC2. The normalized spacial score (nSPS) is 12.5. The summed E-state index contributed by atoms with van der Waals surface area (Å²) in [4.78, 5) is 37.2. The van der Waals surface area contributed by atoms with Crippen LogP contribution in [-0.4, -0.2) is 36.2 Å². The zero-order valence-corrected chi connectivity index (χ0v) is 15.2. The van der Waals surface area contributed by atoms with Crippen molar-refractivity contribution in [1.82, 2.24) is 5.16 Å². The number of rotatable bonds is 6. The molecule has 1 aliphatic rings. The molecule has 0 atom stereocenters. The number of nitrogens with one attached hydrogen (secondary N) is 1. The van der Waals surface area contributed by atoms with Crippen molar-refractivity contribution >= 4 is 34.2 Å². The molecule has 0 aromatic carbocycles. The van der Waals surface area contributed by atoms with Crippen LogP contribution in [0.3, 0.4) is 0 Å². The van der Waals surface area contributed by atoms with Gasteiger partial charge < -0.3 is 19.3 Å². The van der Waals surface area contributed by atoms with Crippen molar-refractivity contribution in [3.63, 3.8) is 0 Å². The number of thiophene rings is 1. The maximum absolute atomic E-state index is 12.2.